The summed E-state index contributed by atoms with van der Waals surface area (Å²) in [5.74, 6) is -0.398. The largest absolute Gasteiger partial charge is 0.458 e. The summed E-state index contributed by atoms with van der Waals surface area (Å²) < 4.78 is 6.03. The fourth-order valence-electron chi connectivity index (χ4n) is 8.13. The molecule has 5 aliphatic rings. The van der Waals surface area contributed by atoms with Crippen molar-refractivity contribution in [2.45, 2.75) is 58.0 Å². The molecule has 0 unspecified atom stereocenters. The zero-order valence-electron chi connectivity index (χ0n) is 23.2. The lowest BCUT2D eigenvalue weighted by atomic mass is 9.55. The van der Waals surface area contributed by atoms with Gasteiger partial charge in [0.1, 0.15) is 6.10 Å². The van der Waals surface area contributed by atoms with E-state index in [2.05, 4.69) is 45.0 Å². The van der Waals surface area contributed by atoms with E-state index in [0.717, 1.165) is 35.1 Å². The number of benzene rings is 3. The molecule has 204 valence electrons. The van der Waals surface area contributed by atoms with Crippen LogP contribution in [0.4, 0.5) is 5.69 Å². The van der Waals surface area contributed by atoms with Crippen molar-refractivity contribution in [3.63, 3.8) is 0 Å². The monoisotopic (exact) mass is 533 g/mol. The second-order valence-electron chi connectivity index (χ2n) is 12.6. The summed E-state index contributed by atoms with van der Waals surface area (Å²) in [6.45, 7) is 6.61. The lowest BCUT2D eigenvalue weighted by Gasteiger charge is -2.45. The number of hydrogen-bond donors (Lipinski definition) is 0. The van der Waals surface area contributed by atoms with Gasteiger partial charge in [-0.3, -0.25) is 9.59 Å². The van der Waals surface area contributed by atoms with Crippen LogP contribution in [0.5, 0.6) is 0 Å². The molecule has 5 heteroatoms. The topological polar surface area (TPSA) is 63.7 Å². The van der Waals surface area contributed by atoms with Crippen molar-refractivity contribution in [3.05, 3.63) is 101 Å². The van der Waals surface area contributed by atoms with Crippen LogP contribution in [0.1, 0.15) is 84.5 Å². The van der Waals surface area contributed by atoms with E-state index in [-0.39, 0.29) is 35.7 Å². The van der Waals surface area contributed by atoms with Gasteiger partial charge in [-0.05, 0) is 77.1 Å². The lowest BCUT2D eigenvalue weighted by Crippen LogP contribution is -2.41. The van der Waals surface area contributed by atoms with Gasteiger partial charge in [0.2, 0.25) is 11.8 Å². The van der Waals surface area contributed by atoms with Crippen LogP contribution in [0.3, 0.4) is 0 Å². The molecule has 1 heterocycles. The van der Waals surface area contributed by atoms with E-state index in [0.29, 0.717) is 29.0 Å². The van der Waals surface area contributed by atoms with Gasteiger partial charge in [0.25, 0.3) is 0 Å². The first-order valence-electron chi connectivity index (χ1n) is 14.7. The smallest absolute Gasteiger partial charge is 0.338 e. The molecule has 0 N–H and O–H groups in total. The van der Waals surface area contributed by atoms with Gasteiger partial charge in [0.15, 0.2) is 0 Å². The predicted octanol–water partition coefficient (Wildman–Crippen LogP) is 6.70. The quantitative estimate of drug-likeness (QED) is 0.277. The standard InChI is InChI=1S/C35H35NO4/c1-19(2)23-17-12-20(3)18-28(23)40-35(39)21-13-15-22(16-14-21)36-33(37)31-29-24-8-4-5-9-25(24)30(32(31)34(36)38)27-11-7-6-10-26(27)29/h4-11,13-16,19-20,23,28-32H,12,17-18H2,1-3H3/t20-,23-,28+,29?,30?,31-,32+/m0/s1. The molecule has 0 radical (unpaired) electrons. The van der Waals surface area contributed by atoms with Crippen LogP contribution in [0.25, 0.3) is 0 Å². The number of esters is 1. The molecular formula is C35H35NO4. The normalized spacial score (nSPS) is 30.2. The summed E-state index contributed by atoms with van der Waals surface area (Å²) in [4.78, 5) is 42.5. The number of nitrogens with zero attached hydrogens (tertiary/aromatic N) is 1. The van der Waals surface area contributed by atoms with E-state index >= 15 is 0 Å². The fraction of sp³-hybridized carbons (Fsp3) is 0.400. The number of carbonyl (C=O) groups excluding carboxylic acids is 3. The molecule has 3 aromatic carbocycles. The van der Waals surface area contributed by atoms with E-state index in [9.17, 15) is 14.4 Å². The molecule has 2 bridgehead atoms. The Morgan fingerprint density at radius 1 is 0.775 bits per heavy atom. The third-order valence-corrected chi connectivity index (χ3v) is 10.0. The molecule has 40 heavy (non-hydrogen) atoms. The summed E-state index contributed by atoms with van der Waals surface area (Å²) in [6.07, 6.45) is 3.05. The number of anilines is 1. The lowest BCUT2D eigenvalue weighted by molar-refractivity contribution is -0.122. The van der Waals surface area contributed by atoms with Crippen LogP contribution < -0.4 is 4.90 Å². The van der Waals surface area contributed by atoms with E-state index in [1.165, 1.54) is 11.3 Å². The van der Waals surface area contributed by atoms with Crippen molar-refractivity contribution < 1.29 is 19.1 Å². The molecule has 0 aromatic heterocycles. The Morgan fingerprint density at radius 2 is 1.27 bits per heavy atom. The summed E-state index contributed by atoms with van der Waals surface area (Å²) in [7, 11) is 0. The molecule has 1 saturated heterocycles. The average Bonchev–Trinajstić information content (AvgIpc) is 3.23. The van der Waals surface area contributed by atoms with Crippen LogP contribution in [-0.4, -0.2) is 23.9 Å². The van der Waals surface area contributed by atoms with Crippen molar-refractivity contribution in [2.75, 3.05) is 4.90 Å². The van der Waals surface area contributed by atoms with Gasteiger partial charge in [0.05, 0.1) is 23.1 Å². The number of ether oxygens (including phenoxy) is 1. The van der Waals surface area contributed by atoms with E-state index in [1.54, 1.807) is 24.3 Å². The molecule has 1 saturated carbocycles. The maximum Gasteiger partial charge on any atom is 0.338 e. The van der Waals surface area contributed by atoms with Crippen molar-refractivity contribution >= 4 is 23.5 Å². The summed E-state index contributed by atoms with van der Waals surface area (Å²) >= 11 is 0. The zero-order chi connectivity index (χ0) is 27.7. The number of hydrogen-bond acceptors (Lipinski definition) is 4. The minimum Gasteiger partial charge on any atom is -0.458 e. The Balaban J connectivity index is 1.16. The van der Waals surface area contributed by atoms with E-state index < -0.39 is 11.8 Å². The minimum atomic E-state index is -0.423. The van der Waals surface area contributed by atoms with Gasteiger partial charge in [0, 0.05) is 11.8 Å². The Morgan fingerprint density at radius 3 is 1.75 bits per heavy atom. The first-order chi connectivity index (χ1) is 19.3. The van der Waals surface area contributed by atoms with Crippen LogP contribution in [0.15, 0.2) is 72.8 Å². The van der Waals surface area contributed by atoms with Gasteiger partial charge < -0.3 is 4.74 Å². The zero-order valence-corrected chi connectivity index (χ0v) is 23.2. The van der Waals surface area contributed by atoms with Crippen LogP contribution in [-0.2, 0) is 14.3 Å². The molecule has 0 spiro atoms. The van der Waals surface area contributed by atoms with Gasteiger partial charge in [-0.25, -0.2) is 9.69 Å². The highest BCUT2D eigenvalue weighted by atomic mass is 16.5. The average molecular weight is 534 g/mol. The predicted molar refractivity (Wildman–Crippen MR) is 153 cm³/mol. The second-order valence-corrected chi connectivity index (χ2v) is 12.6. The Hall–Kier alpha value is -3.73. The van der Waals surface area contributed by atoms with Gasteiger partial charge in [-0.2, -0.15) is 0 Å². The number of imide groups is 1. The van der Waals surface area contributed by atoms with Crippen LogP contribution >= 0.6 is 0 Å². The second kappa shape index (κ2) is 9.43. The van der Waals surface area contributed by atoms with Crippen LogP contribution in [0.2, 0.25) is 0 Å². The van der Waals surface area contributed by atoms with Gasteiger partial charge >= 0.3 is 5.97 Å². The first-order valence-corrected chi connectivity index (χ1v) is 14.7. The molecular weight excluding hydrogens is 498 g/mol. The van der Waals surface area contributed by atoms with Crippen molar-refractivity contribution in [1.82, 2.24) is 0 Å². The maximum atomic E-state index is 14.0. The van der Waals surface area contributed by atoms with Gasteiger partial charge in [-0.1, -0.05) is 75.7 Å². The molecule has 4 aliphatic carbocycles. The van der Waals surface area contributed by atoms with E-state index in [1.807, 2.05) is 24.3 Å². The highest BCUT2D eigenvalue weighted by Gasteiger charge is 2.61. The minimum absolute atomic E-state index is 0.0838. The number of rotatable bonds is 4. The highest BCUT2D eigenvalue weighted by molar-refractivity contribution is 6.23. The molecule has 2 amide bonds. The third-order valence-electron chi connectivity index (χ3n) is 10.0. The highest BCUT2D eigenvalue weighted by Crippen LogP contribution is 2.61. The molecule has 5 atom stereocenters. The Kier molecular flexibility index (Phi) is 5.95. The maximum absolute atomic E-state index is 14.0. The molecule has 5 nitrogen and oxygen atoms in total. The van der Waals surface area contributed by atoms with Crippen LogP contribution in [0, 0.1) is 29.6 Å². The molecule has 8 rings (SSSR count). The Bertz CT molecular complexity index is 1390. The van der Waals surface area contributed by atoms with Crippen molar-refractivity contribution in [2.24, 2.45) is 29.6 Å². The molecule has 2 fully saturated rings. The fourth-order valence-corrected chi connectivity index (χ4v) is 8.13. The first kappa shape index (κ1) is 25.3. The summed E-state index contributed by atoms with van der Waals surface area (Å²) in [6, 6.07) is 23.3. The summed E-state index contributed by atoms with van der Waals surface area (Å²) in [5, 5.41) is 0. The third kappa shape index (κ3) is 3.70. The summed E-state index contributed by atoms with van der Waals surface area (Å²) in [5.41, 5.74) is 5.59. The Labute approximate surface area is 235 Å². The number of carbonyl (C=O) groups is 3. The van der Waals surface area contributed by atoms with Gasteiger partial charge in [-0.15, -0.1) is 0 Å². The molecule has 3 aromatic rings. The number of amides is 2. The molecule has 1 aliphatic heterocycles. The van der Waals surface area contributed by atoms with Crippen molar-refractivity contribution in [1.29, 1.82) is 0 Å². The SMILES string of the molecule is CC(C)[C@@H]1CC[C@H](C)C[C@H]1OC(=O)c1ccc(N2C(=O)[C@@H]3C4c5ccccc5C(c5ccccc54)[C@@H]3C2=O)cc1. The van der Waals surface area contributed by atoms with Crippen molar-refractivity contribution in [3.8, 4) is 0 Å². The van der Waals surface area contributed by atoms with E-state index in [4.69, 9.17) is 4.74 Å².